The van der Waals surface area contributed by atoms with Crippen LogP contribution in [0.2, 0.25) is 0 Å². The minimum Gasteiger partial charge on any atom is -0.457 e. The number of nitro benzene ring substituents is 1. The highest BCUT2D eigenvalue weighted by atomic mass is 32.2. The summed E-state index contributed by atoms with van der Waals surface area (Å²) in [5, 5.41) is 13.8. The van der Waals surface area contributed by atoms with Gasteiger partial charge >= 0.3 is 0 Å². The molecule has 1 aromatic carbocycles. The summed E-state index contributed by atoms with van der Waals surface area (Å²) in [5.41, 5.74) is 1.61. The van der Waals surface area contributed by atoms with Gasteiger partial charge in [0.2, 0.25) is 5.13 Å². The summed E-state index contributed by atoms with van der Waals surface area (Å²) < 4.78 is 5.79. The standard InChI is InChI=1S/C19H14N4O4S2/c1-11-10-28-18(20-11)21-19-22(2)17(24)16(29-19)9-14-7-8-15(27-14)12-3-5-13(6-4-12)23(25)26/h3-10H,1-2H3/b16-9+,21-19+. The number of carbonyl (C=O) groups excluding carboxylic acids is 1. The van der Waals surface area contributed by atoms with E-state index in [4.69, 9.17) is 4.42 Å². The normalized spacial score (nSPS) is 16.9. The number of amides is 1. The number of aryl methyl sites for hydroxylation is 1. The number of benzene rings is 1. The number of aliphatic imine (C=N–C) groups is 1. The fraction of sp³-hybridized carbons (Fsp3) is 0.105. The second kappa shape index (κ2) is 7.64. The van der Waals surface area contributed by atoms with Crippen molar-refractivity contribution < 1.29 is 14.1 Å². The third-order valence-corrected chi connectivity index (χ3v) is 5.98. The Labute approximate surface area is 173 Å². The van der Waals surface area contributed by atoms with E-state index < -0.39 is 4.92 Å². The molecule has 0 bridgehead atoms. The van der Waals surface area contributed by atoms with Crippen LogP contribution >= 0.6 is 23.1 Å². The van der Waals surface area contributed by atoms with Crippen molar-refractivity contribution in [2.75, 3.05) is 7.05 Å². The molecule has 4 rings (SSSR count). The molecule has 0 saturated carbocycles. The van der Waals surface area contributed by atoms with Gasteiger partial charge in [-0.25, -0.2) is 4.98 Å². The van der Waals surface area contributed by atoms with Crippen LogP contribution in [-0.4, -0.2) is 32.9 Å². The van der Waals surface area contributed by atoms with Gasteiger partial charge in [0, 0.05) is 36.2 Å². The first-order valence-corrected chi connectivity index (χ1v) is 10.1. The molecule has 1 fully saturated rings. The highest BCUT2D eigenvalue weighted by Crippen LogP contribution is 2.34. The second-order valence-electron chi connectivity index (χ2n) is 6.15. The van der Waals surface area contributed by atoms with E-state index in [1.54, 1.807) is 37.4 Å². The number of carbonyl (C=O) groups is 1. The molecule has 1 amide bonds. The Kier molecular flexibility index (Phi) is 5.03. The van der Waals surface area contributed by atoms with E-state index in [-0.39, 0.29) is 11.6 Å². The van der Waals surface area contributed by atoms with Gasteiger partial charge in [0.1, 0.15) is 11.5 Å². The van der Waals surface area contributed by atoms with Crippen molar-refractivity contribution in [1.82, 2.24) is 9.88 Å². The monoisotopic (exact) mass is 426 g/mol. The van der Waals surface area contributed by atoms with Crippen molar-refractivity contribution >= 4 is 51.1 Å². The van der Waals surface area contributed by atoms with Crippen LogP contribution in [-0.2, 0) is 4.79 Å². The first-order valence-electron chi connectivity index (χ1n) is 8.44. The Bertz CT molecular complexity index is 1160. The second-order valence-corrected chi connectivity index (χ2v) is 7.99. The number of thioether (sulfide) groups is 1. The average molecular weight is 426 g/mol. The predicted molar refractivity (Wildman–Crippen MR) is 113 cm³/mol. The fourth-order valence-corrected chi connectivity index (χ4v) is 4.26. The van der Waals surface area contributed by atoms with E-state index in [1.165, 1.54) is 40.1 Å². The lowest BCUT2D eigenvalue weighted by atomic mass is 10.1. The minimum absolute atomic E-state index is 0.0147. The molecule has 3 heterocycles. The molecule has 8 nitrogen and oxygen atoms in total. The van der Waals surface area contributed by atoms with Crippen LogP contribution in [0.4, 0.5) is 10.8 Å². The van der Waals surface area contributed by atoms with Crippen LogP contribution in [0, 0.1) is 17.0 Å². The van der Waals surface area contributed by atoms with Crippen LogP contribution in [0.25, 0.3) is 17.4 Å². The van der Waals surface area contributed by atoms with E-state index in [2.05, 4.69) is 9.98 Å². The van der Waals surface area contributed by atoms with Crippen molar-refractivity contribution in [1.29, 1.82) is 0 Å². The fourth-order valence-electron chi connectivity index (χ4n) is 2.59. The van der Waals surface area contributed by atoms with Gasteiger partial charge in [-0.15, -0.1) is 11.3 Å². The molecule has 0 aliphatic carbocycles. The number of non-ortho nitro benzene ring substituents is 1. The number of aromatic nitrogens is 1. The summed E-state index contributed by atoms with van der Waals surface area (Å²) in [4.78, 5) is 33.6. The molecule has 0 unspecified atom stereocenters. The van der Waals surface area contributed by atoms with Crippen LogP contribution in [0.3, 0.4) is 0 Å². The Morgan fingerprint density at radius 2 is 2.00 bits per heavy atom. The van der Waals surface area contributed by atoms with E-state index in [9.17, 15) is 14.9 Å². The number of amidine groups is 1. The van der Waals surface area contributed by atoms with E-state index in [1.807, 2.05) is 12.3 Å². The predicted octanol–water partition coefficient (Wildman–Crippen LogP) is 4.85. The lowest BCUT2D eigenvalue weighted by Crippen LogP contribution is -2.23. The van der Waals surface area contributed by atoms with Crippen LogP contribution in [0.1, 0.15) is 11.5 Å². The molecule has 10 heteroatoms. The van der Waals surface area contributed by atoms with Gasteiger partial charge in [-0.3, -0.25) is 19.8 Å². The third-order valence-electron chi connectivity index (χ3n) is 4.06. The summed E-state index contributed by atoms with van der Waals surface area (Å²) in [6, 6.07) is 9.59. The number of hydrogen-bond acceptors (Lipinski definition) is 8. The minimum atomic E-state index is -0.451. The Morgan fingerprint density at radius 3 is 2.66 bits per heavy atom. The highest BCUT2D eigenvalue weighted by molar-refractivity contribution is 8.18. The van der Waals surface area contributed by atoms with Gasteiger partial charge in [-0.05, 0) is 43.0 Å². The molecule has 29 heavy (non-hydrogen) atoms. The molecule has 1 aliphatic heterocycles. The van der Waals surface area contributed by atoms with Crippen molar-refractivity contribution in [2.24, 2.45) is 4.99 Å². The van der Waals surface area contributed by atoms with Gasteiger partial charge < -0.3 is 4.42 Å². The molecule has 0 radical (unpaired) electrons. The van der Waals surface area contributed by atoms with Crippen LogP contribution in [0.15, 0.2) is 56.1 Å². The number of furan rings is 1. The Morgan fingerprint density at radius 1 is 1.24 bits per heavy atom. The molecular weight excluding hydrogens is 412 g/mol. The molecule has 2 aromatic heterocycles. The van der Waals surface area contributed by atoms with E-state index in [0.717, 1.165) is 5.69 Å². The summed E-state index contributed by atoms with van der Waals surface area (Å²) in [6.07, 6.45) is 1.66. The summed E-state index contributed by atoms with van der Waals surface area (Å²) >= 11 is 2.67. The van der Waals surface area contributed by atoms with Crippen LogP contribution < -0.4 is 0 Å². The molecule has 1 aliphatic rings. The first-order chi connectivity index (χ1) is 13.9. The van der Waals surface area contributed by atoms with Crippen molar-refractivity contribution in [3.63, 3.8) is 0 Å². The van der Waals surface area contributed by atoms with Gasteiger partial charge in [0.05, 0.1) is 15.5 Å². The molecule has 0 spiro atoms. The molecule has 1 saturated heterocycles. The number of hydrogen-bond donors (Lipinski definition) is 0. The third kappa shape index (κ3) is 3.98. The maximum atomic E-state index is 12.5. The smallest absolute Gasteiger partial charge is 0.269 e. The summed E-state index contributed by atoms with van der Waals surface area (Å²) in [5.74, 6) is 0.895. The number of nitrogens with zero attached hydrogens (tertiary/aromatic N) is 4. The summed E-state index contributed by atoms with van der Waals surface area (Å²) in [7, 11) is 1.67. The summed E-state index contributed by atoms with van der Waals surface area (Å²) in [6.45, 7) is 1.89. The lowest BCUT2D eigenvalue weighted by molar-refractivity contribution is -0.384. The van der Waals surface area contributed by atoms with Gasteiger partial charge in [0.15, 0.2) is 5.17 Å². The zero-order valence-electron chi connectivity index (χ0n) is 15.4. The van der Waals surface area contributed by atoms with Crippen molar-refractivity contribution in [3.05, 3.63) is 68.3 Å². The quantitative estimate of drug-likeness (QED) is 0.336. The van der Waals surface area contributed by atoms with E-state index >= 15 is 0 Å². The molecule has 0 N–H and O–H groups in total. The first kappa shape index (κ1) is 19.1. The zero-order chi connectivity index (χ0) is 20.5. The molecule has 3 aromatic rings. The lowest BCUT2D eigenvalue weighted by Gasteiger charge is -2.05. The number of likely N-dealkylation sites (N-methyl/N-ethyl adjacent to an activating group) is 1. The number of rotatable bonds is 4. The highest BCUT2D eigenvalue weighted by Gasteiger charge is 2.31. The molecular formula is C19H14N4O4S2. The molecule has 146 valence electrons. The molecule has 0 atom stereocenters. The Hall–Kier alpha value is -3.24. The number of thiazole rings is 1. The van der Waals surface area contributed by atoms with Gasteiger partial charge in [-0.1, -0.05) is 0 Å². The maximum Gasteiger partial charge on any atom is 0.269 e. The van der Waals surface area contributed by atoms with Gasteiger partial charge in [-0.2, -0.15) is 4.99 Å². The SMILES string of the molecule is Cc1csc(/N=C2/S/C(=C/c3ccc(-c4ccc([N+](=O)[O-])cc4)o3)C(=O)N2C)n1. The maximum absolute atomic E-state index is 12.5. The number of nitro groups is 1. The largest absolute Gasteiger partial charge is 0.457 e. The topological polar surface area (TPSA) is 102 Å². The van der Waals surface area contributed by atoms with Crippen LogP contribution in [0.5, 0.6) is 0 Å². The van der Waals surface area contributed by atoms with E-state index in [0.29, 0.717) is 32.3 Å². The van der Waals surface area contributed by atoms with Gasteiger partial charge in [0.25, 0.3) is 11.6 Å². The zero-order valence-corrected chi connectivity index (χ0v) is 17.0. The van der Waals surface area contributed by atoms with Crippen molar-refractivity contribution in [3.8, 4) is 11.3 Å². The Balaban J connectivity index is 1.56. The average Bonchev–Trinajstić information content (AvgIpc) is 3.40. The van der Waals surface area contributed by atoms with Crippen molar-refractivity contribution in [2.45, 2.75) is 6.92 Å².